The second-order valence-electron chi connectivity index (χ2n) is 4.54. The zero-order valence-electron chi connectivity index (χ0n) is 10.7. The minimum absolute atomic E-state index is 0.0617. The number of rotatable bonds is 2. The van der Waals surface area contributed by atoms with E-state index in [2.05, 4.69) is 41.9 Å². The Morgan fingerprint density at radius 3 is 2.20 bits per heavy atom. The zero-order valence-corrected chi connectivity index (χ0v) is 11.5. The van der Waals surface area contributed by atoms with Gasteiger partial charge in [0, 0.05) is 5.92 Å². The molecule has 2 aromatic rings. The third-order valence-electron chi connectivity index (χ3n) is 3.49. The Labute approximate surface area is 122 Å². The average molecular weight is 282 g/mol. The lowest BCUT2D eigenvalue weighted by atomic mass is 9.98. The molecule has 0 N–H and O–H groups in total. The normalized spacial score (nSPS) is 13.2. The van der Waals surface area contributed by atoms with Crippen molar-refractivity contribution in [3.63, 3.8) is 0 Å². The molecule has 3 rings (SSSR count). The predicted octanol–water partition coefficient (Wildman–Crippen LogP) is 3.51. The number of nitrogens with zero attached hydrogens (tertiary/aromatic N) is 1. The van der Waals surface area contributed by atoms with Gasteiger partial charge in [-0.2, -0.15) is 0 Å². The molecule has 1 aliphatic rings. The Kier molecular flexibility index (Phi) is 3.48. The maximum absolute atomic E-state index is 11.3. The van der Waals surface area contributed by atoms with E-state index in [1.165, 1.54) is 22.3 Å². The smallest absolute Gasteiger partial charge is 0.431 e. The minimum Gasteiger partial charge on any atom is -0.768 e. The molecule has 0 aliphatic heterocycles. The maximum Gasteiger partial charge on any atom is 0.431 e. The Hall–Kier alpha value is -2.20. The van der Waals surface area contributed by atoms with Crippen LogP contribution >= 0.6 is 0 Å². The molecule has 4 heteroatoms. The molecule has 0 fully saturated rings. The summed E-state index contributed by atoms with van der Waals surface area (Å²) in [5, 5.41) is 0. The SMILES string of the molecule is O=C(/N=C/[S-])OCC1c2ccccc2-c2ccccc21. The summed E-state index contributed by atoms with van der Waals surface area (Å²) in [4.78, 5) is 14.8. The number of benzene rings is 2. The van der Waals surface area contributed by atoms with E-state index < -0.39 is 6.09 Å². The molecule has 1 amide bonds. The van der Waals surface area contributed by atoms with Gasteiger partial charge in [0.15, 0.2) is 0 Å². The number of carbonyl (C=O) groups is 1. The molecule has 2 aromatic carbocycles. The van der Waals surface area contributed by atoms with E-state index in [0.29, 0.717) is 0 Å². The molecule has 0 saturated carbocycles. The summed E-state index contributed by atoms with van der Waals surface area (Å²) in [6.07, 6.45) is -0.637. The van der Waals surface area contributed by atoms with E-state index in [4.69, 9.17) is 4.74 Å². The van der Waals surface area contributed by atoms with Crippen LogP contribution in [0.1, 0.15) is 17.0 Å². The van der Waals surface area contributed by atoms with Crippen molar-refractivity contribution < 1.29 is 9.53 Å². The Bertz CT molecular complexity index is 636. The first-order valence-corrected chi connectivity index (χ1v) is 6.78. The van der Waals surface area contributed by atoms with Crippen molar-refractivity contribution in [3.8, 4) is 11.1 Å². The van der Waals surface area contributed by atoms with Crippen molar-refractivity contribution >= 4 is 24.3 Å². The Morgan fingerprint density at radius 1 is 1.10 bits per heavy atom. The molecule has 0 bridgehead atoms. The molecule has 100 valence electrons. The minimum atomic E-state index is -0.637. The summed E-state index contributed by atoms with van der Waals surface area (Å²) in [7, 11) is 0. The first-order chi connectivity index (χ1) is 9.81. The molecule has 3 nitrogen and oxygen atoms in total. The van der Waals surface area contributed by atoms with Crippen molar-refractivity contribution in [3.05, 3.63) is 59.7 Å². The number of aliphatic imine (C=N–C) groups is 1. The summed E-state index contributed by atoms with van der Waals surface area (Å²) in [6.45, 7) is 0.277. The molecule has 20 heavy (non-hydrogen) atoms. The number of hydrogen-bond donors (Lipinski definition) is 0. The molecule has 0 heterocycles. The lowest BCUT2D eigenvalue weighted by Gasteiger charge is -2.12. The number of ether oxygens (including phenoxy) is 1. The van der Waals surface area contributed by atoms with Gasteiger partial charge in [-0.1, -0.05) is 48.5 Å². The summed E-state index contributed by atoms with van der Waals surface area (Å²) in [6, 6.07) is 16.4. The first-order valence-electron chi connectivity index (χ1n) is 6.30. The van der Waals surface area contributed by atoms with Gasteiger partial charge >= 0.3 is 6.09 Å². The van der Waals surface area contributed by atoms with Crippen LogP contribution in [0.3, 0.4) is 0 Å². The van der Waals surface area contributed by atoms with Gasteiger partial charge in [0.25, 0.3) is 0 Å². The molecular weight excluding hydrogens is 270 g/mol. The van der Waals surface area contributed by atoms with Gasteiger partial charge in [-0.3, -0.25) is 0 Å². The third kappa shape index (κ3) is 2.18. The second kappa shape index (κ2) is 5.43. The van der Waals surface area contributed by atoms with E-state index in [0.717, 1.165) is 5.55 Å². The van der Waals surface area contributed by atoms with Crippen LogP contribution in [-0.4, -0.2) is 18.2 Å². The highest BCUT2D eigenvalue weighted by molar-refractivity contribution is 7.74. The predicted molar refractivity (Wildman–Crippen MR) is 80.9 cm³/mol. The topological polar surface area (TPSA) is 38.7 Å². The van der Waals surface area contributed by atoms with Crippen molar-refractivity contribution in [2.45, 2.75) is 5.92 Å². The first kappa shape index (κ1) is 12.8. The van der Waals surface area contributed by atoms with Crippen LogP contribution in [-0.2, 0) is 17.4 Å². The van der Waals surface area contributed by atoms with Gasteiger partial charge < -0.3 is 17.4 Å². The van der Waals surface area contributed by atoms with Gasteiger partial charge in [0.2, 0.25) is 0 Å². The highest BCUT2D eigenvalue weighted by Crippen LogP contribution is 2.44. The van der Waals surface area contributed by atoms with Crippen LogP contribution in [0, 0.1) is 0 Å². The van der Waals surface area contributed by atoms with E-state index >= 15 is 0 Å². The molecular formula is C16H12NO2S-. The largest absolute Gasteiger partial charge is 0.768 e. The Morgan fingerprint density at radius 2 is 1.65 bits per heavy atom. The molecule has 0 aromatic heterocycles. The maximum atomic E-state index is 11.3. The van der Waals surface area contributed by atoms with Crippen molar-refractivity contribution in [2.75, 3.05) is 6.61 Å². The van der Waals surface area contributed by atoms with Crippen LogP contribution in [0.5, 0.6) is 0 Å². The summed E-state index contributed by atoms with van der Waals surface area (Å²) in [5.41, 5.74) is 5.80. The monoisotopic (exact) mass is 282 g/mol. The van der Waals surface area contributed by atoms with Gasteiger partial charge in [0.05, 0.1) is 0 Å². The highest BCUT2D eigenvalue weighted by Gasteiger charge is 2.28. The summed E-state index contributed by atoms with van der Waals surface area (Å²) >= 11 is 4.51. The van der Waals surface area contributed by atoms with Crippen molar-refractivity contribution in [1.82, 2.24) is 0 Å². The standard InChI is InChI=1S/C16H13NO2S/c18-16(17-10-20)19-9-15-13-7-3-1-5-11(13)12-6-2-4-8-14(12)15/h1-8,10,15H,9H2,(H,17,18,20)/p-1. The molecule has 0 unspecified atom stereocenters. The molecule has 0 saturated heterocycles. The molecule has 0 radical (unpaired) electrons. The van der Waals surface area contributed by atoms with Crippen LogP contribution in [0.2, 0.25) is 0 Å². The van der Waals surface area contributed by atoms with Gasteiger partial charge in [-0.05, 0) is 22.3 Å². The highest BCUT2D eigenvalue weighted by atomic mass is 32.1. The van der Waals surface area contributed by atoms with Gasteiger partial charge in [-0.15, -0.1) is 5.55 Å². The number of carbonyl (C=O) groups excluding carboxylic acids is 1. The molecule has 0 atom stereocenters. The van der Waals surface area contributed by atoms with E-state index in [-0.39, 0.29) is 12.5 Å². The zero-order chi connectivity index (χ0) is 13.9. The van der Waals surface area contributed by atoms with Gasteiger partial charge in [-0.25, -0.2) is 9.79 Å². The van der Waals surface area contributed by atoms with Crippen LogP contribution in [0.25, 0.3) is 11.1 Å². The quantitative estimate of drug-likeness (QED) is 0.480. The van der Waals surface area contributed by atoms with E-state index in [1.54, 1.807) is 0 Å². The van der Waals surface area contributed by atoms with E-state index in [9.17, 15) is 4.79 Å². The van der Waals surface area contributed by atoms with Crippen LogP contribution < -0.4 is 0 Å². The molecule has 0 spiro atoms. The third-order valence-corrected chi connectivity index (χ3v) is 3.60. The average Bonchev–Trinajstić information content (AvgIpc) is 2.80. The fourth-order valence-electron chi connectivity index (χ4n) is 2.67. The van der Waals surface area contributed by atoms with E-state index in [1.807, 2.05) is 24.3 Å². The Balaban J connectivity index is 1.93. The number of hydrogen-bond acceptors (Lipinski definition) is 3. The fourth-order valence-corrected chi connectivity index (χ4v) is 2.76. The molecule has 1 aliphatic carbocycles. The van der Waals surface area contributed by atoms with Gasteiger partial charge in [0.1, 0.15) is 6.61 Å². The van der Waals surface area contributed by atoms with Crippen molar-refractivity contribution in [1.29, 1.82) is 0 Å². The lowest BCUT2D eigenvalue weighted by molar-refractivity contribution is 0.154. The second-order valence-corrected chi connectivity index (χ2v) is 4.75. The number of fused-ring (bicyclic) bond motifs is 3. The van der Waals surface area contributed by atoms with Crippen molar-refractivity contribution in [2.24, 2.45) is 4.99 Å². The van der Waals surface area contributed by atoms with Crippen LogP contribution in [0.4, 0.5) is 4.79 Å². The number of amides is 1. The lowest BCUT2D eigenvalue weighted by Crippen LogP contribution is -2.09. The fraction of sp³-hybridized carbons (Fsp3) is 0.125. The summed E-state index contributed by atoms with van der Waals surface area (Å²) in [5.74, 6) is 0.0617. The van der Waals surface area contributed by atoms with Crippen LogP contribution in [0.15, 0.2) is 53.5 Å². The summed E-state index contributed by atoms with van der Waals surface area (Å²) < 4.78 is 5.18.